The lowest BCUT2D eigenvalue weighted by atomic mass is 10.1. The Bertz CT molecular complexity index is 545. The zero-order valence-electron chi connectivity index (χ0n) is 9.70. The Labute approximate surface area is 114 Å². The molecule has 4 heteroatoms. The second-order valence-corrected chi connectivity index (χ2v) is 4.79. The molecule has 0 bridgehead atoms. The van der Waals surface area contributed by atoms with Gasteiger partial charge in [-0.3, -0.25) is 0 Å². The molecule has 0 saturated heterocycles. The Morgan fingerprint density at radius 1 is 1.17 bits per heavy atom. The molecule has 2 aromatic carbocycles. The van der Waals surface area contributed by atoms with E-state index in [9.17, 15) is 4.39 Å². The average molecular weight is 310 g/mol. The third-order valence-electron chi connectivity index (χ3n) is 2.58. The summed E-state index contributed by atoms with van der Waals surface area (Å²) in [6.45, 7) is 0.396. The maximum absolute atomic E-state index is 13.5. The molecule has 0 saturated carbocycles. The third-order valence-corrected chi connectivity index (χ3v) is 3.07. The van der Waals surface area contributed by atoms with E-state index >= 15 is 0 Å². The van der Waals surface area contributed by atoms with Gasteiger partial charge in [-0.1, -0.05) is 34.1 Å². The van der Waals surface area contributed by atoms with Crippen molar-refractivity contribution in [2.24, 2.45) is 0 Å². The van der Waals surface area contributed by atoms with Gasteiger partial charge in [-0.15, -0.1) is 0 Å². The van der Waals surface area contributed by atoms with Crippen molar-refractivity contribution in [2.45, 2.75) is 6.42 Å². The topological polar surface area (TPSA) is 35.2 Å². The maximum atomic E-state index is 13.5. The molecule has 2 aromatic rings. The number of hydrogen-bond donors (Lipinski definition) is 1. The summed E-state index contributed by atoms with van der Waals surface area (Å²) in [4.78, 5) is 0. The monoisotopic (exact) mass is 309 g/mol. The normalized spacial score (nSPS) is 10.3. The van der Waals surface area contributed by atoms with Gasteiger partial charge in [0.05, 0.1) is 6.61 Å². The van der Waals surface area contributed by atoms with Crippen LogP contribution in [0.15, 0.2) is 46.9 Å². The molecular formula is C14H13BrFNO. The van der Waals surface area contributed by atoms with E-state index in [2.05, 4.69) is 15.9 Å². The van der Waals surface area contributed by atoms with Gasteiger partial charge in [0.25, 0.3) is 0 Å². The number of nitrogens with two attached hydrogens (primary N) is 1. The molecule has 0 fully saturated rings. The zero-order valence-corrected chi connectivity index (χ0v) is 11.3. The lowest BCUT2D eigenvalue weighted by molar-refractivity contribution is 0.305. The molecular weight excluding hydrogens is 297 g/mol. The molecule has 0 radical (unpaired) electrons. The van der Waals surface area contributed by atoms with Crippen LogP contribution in [0.4, 0.5) is 10.1 Å². The van der Waals surface area contributed by atoms with Crippen LogP contribution in [-0.4, -0.2) is 6.61 Å². The smallest absolute Gasteiger partial charge is 0.166 e. The van der Waals surface area contributed by atoms with Crippen LogP contribution >= 0.6 is 15.9 Å². The van der Waals surface area contributed by atoms with Crippen molar-refractivity contribution in [3.63, 3.8) is 0 Å². The van der Waals surface area contributed by atoms with Gasteiger partial charge in [-0.05, 0) is 29.8 Å². The van der Waals surface area contributed by atoms with Gasteiger partial charge in [0, 0.05) is 16.6 Å². The minimum absolute atomic E-state index is 0.257. The predicted molar refractivity (Wildman–Crippen MR) is 74.2 cm³/mol. The van der Waals surface area contributed by atoms with Gasteiger partial charge in [-0.25, -0.2) is 4.39 Å². The van der Waals surface area contributed by atoms with E-state index in [-0.39, 0.29) is 11.6 Å². The first-order valence-corrected chi connectivity index (χ1v) is 6.37. The molecule has 0 aliphatic rings. The Morgan fingerprint density at radius 3 is 2.67 bits per heavy atom. The van der Waals surface area contributed by atoms with Gasteiger partial charge in [0.1, 0.15) is 0 Å². The minimum atomic E-state index is -0.370. The summed E-state index contributed by atoms with van der Waals surface area (Å²) in [6, 6.07) is 12.3. The van der Waals surface area contributed by atoms with E-state index in [1.807, 2.05) is 24.3 Å². The van der Waals surface area contributed by atoms with Crippen LogP contribution in [-0.2, 0) is 6.42 Å². The molecule has 0 aliphatic heterocycles. The first kappa shape index (κ1) is 12.9. The molecule has 0 atom stereocenters. The van der Waals surface area contributed by atoms with Gasteiger partial charge in [0.15, 0.2) is 11.6 Å². The SMILES string of the molecule is Nc1ccccc1CCOc1ccc(Br)cc1F. The molecule has 2 nitrogen and oxygen atoms in total. The molecule has 0 amide bonds. The highest BCUT2D eigenvalue weighted by atomic mass is 79.9. The van der Waals surface area contributed by atoms with Crippen molar-refractivity contribution in [1.29, 1.82) is 0 Å². The average Bonchev–Trinajstić information content (AvgIpc) is 2.34. The van der Waals surface area contributed by atoms with E-state index in [1.165, 1.54) is 6.07 Å². The Kier molecular flexibility index (Phi) is 4.20. The summed E-state index contributed by atoms with van der Waals surface area (Å²) in [6.07, 6.45) is 0.655. The quantitative estimate of drug-likeness (QED) is 0.872. The van der Waals surface area contributed by atoms with Gasteiger partial charge >= 0.3 is 0 Å². The summed E-state index contributed by atoms with van der Waals surface area (Å²) in [5.74, 6) is -0.113. The Hall–Kier alpha value is -1.55. The fraction of sp³-hybridized carbons (Fsp3) is 0.143. The molecule has 0 spiro atoms. The molecule has 0 aliphatic carbocycles. The van der Waals surface area contributed by atoms with E-state index < -0.39 is 0 Å². The number of nitrogen functional groups attached to an aromatic ring is 1. The number of para-hydroxylation sites is 1. The van der Waals surface area contributed by atoms with Gasteiger partial charge in [-0.2, -0.15) is 0 Å². The van der Waals surface area contributed by atoms with E-state index in [1.54, 1.807) is 12.1 Å². The fourth-order valence-electron chi connectivity index (χ4n) is 1.63. The number of ether oxygens (including phenoxy) is 1. The fourth-order valence-corrected chi connectivity index (χ4v) is 1.96. The number of rotatable bonds is 4. The molecule has 0 heterocycles. The number of anilines is 1. The number of benzene rings is 2. The van der Waals surface area contributed by atoms with Crippen LogP contribution in [0.3, 0.4) is 0 Å². The van der Waals surface area contributed by atoms with Crippen molar-refractivity contribution in [1.82, 2.24) is 0 Å². The lowest BCUT2D eigenvalue weighted by Gasteiger charge is -2.08. The van der Waals surface area contributed by atoms with E-state index in [4.69, 9.17) is 10.5 Å². The van der Waals surface area contributed by atoms with Crippen LogP contribution in [0.1, 0.15) is 5.56 Å². The molecule has 2 N–H and O–H groups in total. The second-order valence-electron chi connectivity index (χ2n) is 3.87. The van der Waals surface area contributed by atoms with Crippen molar-refractivity contribution in [2.75, 3.05) is 12.3 Å². The molecule has 2 rings (SSSR count). The predicted octanol–water partition coefficient (Wildman–Crippen LogP) is 3.79. The van der Waals surface area contributed by atoms with Crippen molar-refractivity contribution < 1.29 is 9.13 Å². The van der Waals surface area contributed by atoms with E-state index in [0.29, 0.717) is 17.5 Å². The highest BCUT2D eigenvalue weighted by Crippen LogP contribution is 2.21. The van der Waals surface area contributed by atoms with Crippen LogP contribution in [0, 0.1) is 5.82 Å². The van der Waals surface area contributed by atoms with Gasteiger partial charge in [0.2, 0.25) is 0 Å². The van der Waals surface area contributed by atoms with Crippen molar-refractivity contribution >= 4 is 21.6 Å². The van der Waals surface area contributed by atoms with Crippen LogP contribution in [0.5, 0.6) is 5.75 Å². The van der Waals surface area contributed by atoms with Crippen LogP contribution in [0.2, 0.25) is 0 Å². The van der Waals surface area contributed by atoms with Crippen molar-refractivity contribution in [3.8, 4) is 5.75 Å². The molecule has 0 aromatic heterocycles. The molecule has 18 heavy (non-hydrogen) atoms. The second kappa shape index (κ2) is 5.87. The maximum Gasteiger partial charge on any atom is 0.166 e. The van der Waals surface area contributed by atoms with Crippen LogP contribution in [0.25, 0.3) is 0 Å². The largest absolute Gasteiger partial charge is 0.490 e. The molecule has 94 valence electrons. The first-order chi connectivity index (χ1) is 8.66. The van der Waals surface area contributed by atoms with E-state index in [0.717, 1.165) is 11.3 Å². The Morgan fingerprint density at radius 2 is 1.94 bits per heavy atom. The highest BCUT2D eigenvalue weighted by molar-refractivity contribution is 9.10. The van der Waals surface area contributed by atoms with Gasteiger partial charge < -0.3 is 10.5 Å². The summed E-state index contributed by atoms with van der Waals surface area (Å²) in [5.41, 5.74) is 7.56. The minimum Gasteiger partial charge on any atom is -0.490 e. The first-order valence-electron chi connectivity index (χ1n) is 5.58. The highest BCUT2D eigenvalue weighted by Gasteiger charge is 2.04. The zero-order chi connectivity index (χ0) is 13.0. The number of hydrogen-bond acceptors (Lipinski definition) is 2. The summed E-state index contributed by atoms with van der Waals surface area (Å²) < 4.78 is 19.6. The third kappa shape index (κ3) is 3.23. The van der Waals surface area contributed by atoms with Crippen molar-refractivity contribution in [3.05, 3.63) is 58.3 Å². The summed E-state index contributed by atoms with van der Waals surface area (Å²) >= 11 is 3.20. The van der Waals surface area contributed by atoms with Crippen LogP contribution < -0.4 is 10.5 Å². The summed E-state index contributed by atoms with van der Waals surface area (Å²) in [7, 11) is 0. The number of halogens is 2. The standard InChI is InChI=1S/C14H13BrFNO/c15-11-5-6-14(12(16)9-11)18-8-7-10-3-1-2-4-13(10)17/h1-6,9H,7-8,17H2. The summed E-state index contributed by atoms with van der Waals surface area (Å²) in [5, 5.41) is 0. The lowest BCUT2D eigenvalue weighted by Crippen LogP contribution is -2.04. The Balaban J connectivity index is 1.95. The molecule has 0 unspecified atom stereocenters.